The molecule has 1 N–H and O–H groups in total. The Morgan fingerprint density at radius 1 is 0.923 bits per heavy atom. The van der Waals surface area contributed by atoms with Crippen molar-refractivity contribution in [1.82, 2.24) is 4.98 Å². The van der Waals surface area contributed by atoms with Crippen molar-refractivity contribution in [3.63, 3.8) is 0 Å². The van der Waals surface area contributed by atoms with Gasteiger partial charge in [0.05, 0.1) is 0 Å². The zero-order valence-corrected chi connectivity index (χ0v) is 14.2. The number of carbonyl (C=O) groups is 1. The molecule has 1 atom stereocenters. The molecule has 1 aliphatic heterocycles. The molecule has 0 fully saturated rings. The van der Waals surface area contributed by atoms with Gasteiger partial charge in [-0.25, -0.2) is 0 Å². The molecule has 0 bridgehead atoms. The van der Waals surface area contributed by atoms with E-state index in [1.807, 2.05) is 53.6 Å². The number of H-pyrrole nitrogens is 1. The van der Waals surface area contributed by atoms with E-state index >= 15 is 0 Å². The number of nitrogens with zero attached hydrogens (tertiary/aromatic N) is 1. The van der Waals surface area contributed by atoms with Crippen molar-refractivity contribution in [3.8, 4) is 0 Å². The van der Waals surface area contributed by atoms with Crippen LogP contribution in [0.2, 0.25) is 0 Å². The molecule has 1 aromatic heterocycles. The van der Waals surface area contributed by atoms with Gasteiger partial charge in [-0.2, -0.15) is 0 Å². The third-order valence-electron chi connectivity index (χ3n) is 5.22. The molecule has 1 unspecified atom stereocenters. The smallest absolute Gasteiger partial charge is 0.258 e. The van der Waals surface area contributed by atoms with Gasteiger partial charge in [-0.1, -0.05) is 48.5 Å². The van der Waals surface area contributed by atoms with Crippen LogP contribution in [-0.4, -0.2) is 17.4 Å². The third kappa shape index (κ3) is 2.32. The monoisotopic (exact) mass is 338 g/mol. The Morgan fingerprint density at radius 3 is 2.62 bits per heavy atom. The van der Waals surface area contributed by atoms with E-state index in [1.165, 1.54) is 11.1 Å². The van der Waals surface area contributed by atoms with Crippen LogP contribution >= 0.6 is 0 Å². The van der Waals surface area contributed by atoms with E-state index < -0.39 is 0 Å². The van der Waals surface area contributed by atoms with Crippen molar-refractivity contribution >= 4 is 22.5 Å². The van der Waals surface area contributed by atoms with Gasteiger partial charge in [-0.3, -0.25) is 4.79 Å². The Labute approximate surface area is 151 Å². The molecule has 26 heavy (non-hydrogen) atoms. The molecule has 4 aromatic rings. The first-order valence-corrected chi connectivity index (χ1v) is 8.84. The summed E-state index contributed by atoms with van der Waals surface area (Å²) in [6.45, 7) is 0.674. The number of benzene rings is 3. The minimum absolute atomic E-state index is 0.0546. The van der Waals surface area contributed by atoms with Crippen LogP contribution in [0.1, 0.15) is 27.4 Å². The molecule has 1 aliphatic rings. The molecule has 1 amide bonds. The number of rotatable bonds is 2. The maximum absolute atomic E-state index is 13.3. The first-order chi connectivity index (χ1) is 12.8. The second-order valence-corrected chi connectivity index (χ2v) is 6.72. The van der Waals surface area contributed by atoms with Crippen molar-refractivity contribution in [2.75, 3.05) is 11.4 Å². The van der Waals surface area contributed by atoms with Gasteiger partial charge in [-0.05, 0) is 41.5 Å². The van der Waals surface area contributed by atoms with E-state index in [2.05, 4.69) is 41.4 Å². The van der Waals surface area contributed by atoms with Gasteiger partial charge in [0.2, 0.25) is 0 Å². The van der Waals surface area contributed by atoms with Gasteiger partial charge < -0.3 is 9.88 Å². The van der Waals surface area contributed by atoms with Crippen molar-refractivity contribution in [3.05, 3.63) is 102 Å². The molecular formula is C23H18N2O. The lowest BCUT2D eigenvalue weighted by Crippen LogP contribution is -2.29. The van der Waals surface area contributed by atoms with E-state index in [1.54, 1.807) is 0 Å². The average Bonchev–Trinajstić information content (AvgIpc) is 3.32. The minimum atomic E-state index is 0.0546. The average molecular weight is 338 g/mol. The minimum Gasteiger partial charge on any atom is -0.361 e. The molecular weight excluding hydrogens is 320 g/mol. The largest absolute Gasteiger partial charge is 0.361 e. The lowest BCUT2D eigenvalue weighted by Gasteiger charge is -2.18. The predicted octanol–water partition coefficient (Wildman–Crippen LogP) is 4.96. The standard InChI is InChI=1S/C23H18N2O/c26-23(18-10-11-21-17(14-18)12-13-24-21)25-15-20(16-6-2-1-3-7-16)19-8-4-5-9-22(19)25/h1-14,20,24H,15H2. The number of hydrogen-bond donors (Lipinski definition) is 1. The highest BCUT2D eigenvalue weighted by Gasteiger charge is 2.33. The Bertz CT molecular complexity index is 1100. The summed E-state index contributed by atoms with van der Waals surface area (Å²) in [5.41, 5.74) is 5.25. The zero-order valence-electron chi connectivity index (χ0n) is 14.2. The molecule has 126 valence electrons. The van der Waals surface area contributed by atoms with E-state index in [4.69, 9.17) is 0 Å². The molecule has 0 saturated carbocycles. The Morgan fingerprint density at radius 2 is 1.73 bits per heavy atom. The molecule has 3 aromatic carbocycles. The summed E-state index contributed by atoms with van der Waals surface area (Å²) >= 11 is 0. The third-order valence-corrected chi connectivity index (χ3v) is 5.22. The SMILES string of the molecule is O=C(c1ccc2[nH]ccc2c1)N1CC(c2ccccc2)c2ccccc21. The lowest BCUT2D eigenvalue weighted by atomic mass is 9.93. The fraction of sp³-hybridized carbons (Fsp3) is 0.0870. The molecule has 5 rings (SSSR count). The Balaban J connectivity index is 1.56. The molecule has 0 saturated heterocycles. The summed E-state index contributed by atoms with van der Waals surface area (Å²) in [5.74, 6) is 0.270. The number of amides is 1. The fourth-order valence-corrected chi connectivity index (χ4v) is 3.91. The molecule has 0 radical (unpaired) electrons. The normalized spacial score (nSPS) is 16.0. The van der Waals surface area contributed by atoms with Crippen LogP contribution in [0.3, 0.4) is 0 Å². The summed E-state index contributed by atoms with van der Waals surface area (Å²) in [6.07, 6.45) is 1.90. The van der Waals surface area contributed by atoms with Gasteiger partial charge in [0, 0.05) is 40.8 Å². The molecule has 0 spiro atoms. The number of aromatic amines is 1. The number of fused-ring (bicyclic) bond motifs is 2. The maximum Gasteiger partial charge on any atom is 0.258 e. The van der Waals surface area contributed by atoms with E-state index in [0.29, 0.717) is 6.54 Å². The van der Waals surface area contributed by atoms with Crippen LogP contribution in [0.15, 0.2) is 85.1 Å². The number of aromatic nitrogens is 1. The van der Waals surface area contributed by atoms with Gasteiger partial charge in [-0.15, -0.1) is 0 Å². The molecule has 0 aliphatic carbocycles. The first-order valence-electron chi connectivity index (χ1n) is 8.84. The Hall–Kier alpha value is -3.33. The number of nitrogens with one attached hydrogen (secondary N) is 1. The number of carbonyl (C=O) groups excluding carboxylic acids is 1. The van der Waals surface area contributed by atoms with Crippen LogP contribution in [-0.2, 0) is 0 Å². The quantitative estimate of drug-likeness (QED) is 0.551. The van der Waals surface area contributed by atoms with Gasteiger partial charge in [0.15, 0.2) is 0 Å². The summed E-state index contributed by atoms with van der Waals surface area (Å²) < 4.78 is 0. The maximum atomic E-state index is 13.3. The van der Waals surface area contributed by atoms with Crippen molar-refractivity contribution in [1.29, 1.82) is 0 Å². The summed E-state index contributed by atoms with van der Waals surface area (Å²) in [7, 11) is 0. The van der Waals surface area contributed by atoms with Crippen LogP contribution < -0.4 is 4.90 Å². The molecule has 2 heterocycles. The second-order valence-electron chi connectivity index (χ2n) is 6.72. The molecule has 3 nitrogen and oxygen atoms in total. The summed E-state index contributed by atoms with van der Waals surface area (Å²) in [4.78, 5) is 18.4. The van der Waals surface area contributed by atoms with Crippen molar-refractivity contribution in [2.24, 2.45) is 0 Å². The van der Waals surface area contributed by atoms with Crippen LogP contribution in [0, 0.1) is 0 Å². The zero-order chi connectivity index (χ0) is 17.5. The topological polar surface area (TPSA) is 36.1 Å². The van der Waals surface area contributed by atoms with E-state index in [-0.39, 0.29) is 11.8 Å². The second kappa shape index (κ2) is 5.88. The van der Waals surface area contributed by atoms with Gasteiger partial charge in [0.25, 0.3) is 5.91 Å². The summed E-state index contributed by atoms with van der Waals surface area (Å²) in [6, 6.07) is 26.5. The van der Waals surface area contributed by atoms with E-state index in [0.717, 1.165) is 22.2 Å². The van der Waals surface area contributed by atoms with E-state index in [9.17, 15) is 4.79 Å². The highest BCUT2D eigenvalue weighted by molar-refractivity contribution is 6.09. The van der Waals surface area contributed by atoms with Crippen LogP contribution in [0.25, 0.3) is 10.9 Å². The van der Waals surface area contributed by atoms with Crippen molar-refractivity contribution in [2.45, 2.75) is 5.92 Å². The highest BCUT2D eigenvalue weighted by atomic mass is 16.2. The lowest BCUT2D eigenvalue weighted by molar-refractivity contribution is 0.0989. The number of hydrogen-bond acceptors (Lipinski definition) is 1. The fourth-order valence-electron chi connectivity index (χ4n) is 3.91. The van der Waals surface area contributed by atoms with Crippen LogP contribution in [0.4, 0.5) is 5.69 Å². The molecule has 3 heteroatoms. The van der Waals surface area contributed by atoms with Crippen molar-refractivity contribution < 1.29 is 4.79 Å². The van der Waals surface area contributed by atoms with Gasteiger partial charge in [0.1, 0.15) is 0 Å². The summed E-state index contributed by atoms with van der Waals surface area (Å²) in [5, 5.41) is 1.06. The van der Waals surface area contributed by atoms with Crippen LogP contribution in [0.5, 0.6) is 0 Å². The highest BCUT2D eigenvalue weighted by Crippen LogP contribution is 2.40. The first kappa shape index (κ1) is 15.0. The number of anilines is 1. The number of para-hydroxylation sites is 1. The Kier molecular flexibility index (Phi) is 3.39. The van der Waals surface area contributed by atoms with Gasteiger partial charge >= 0.3 is 0 Å². The predicted molar refractivity (Wildman–Crippen MR) is 105 cm³/mol.